The van der Waals surface area contributed by atoms with Crippen LogP contribution in [-0.4, -0.2) is 23.2 Å². The van der Waals surface area contributed by atoms with Gasteiger partial charge in [0.25, 0.3) is 0 Å². The summed E-state index contributed by atoms with van der Waals surface area (Å²) >= 11 is 1.92. The first-order valence-corrected chi connectivity index (χ1v) is 8.45. The van der Waals surface area contributed by atoms with E-state index in [-0.39, 0.29) is 17.0 Å². The Hall–Kier alpha value is -1.26. The lowest BCUT2D eigenvalue weighted by molar-refractivity contribution is 0.646. The second-order valence-corrected chi connectivity index (χ2v) is 6.94. The zero-order chi connectivity index (χ0) is 13.8. The summed E-state index contributed by atoms with van der Waals surface area (Å²) in [6.45, 7) is 1.98. The van der Waals surface area contributed by atoms with Crippen LogP contribution in [0.3, 0.4) is 0 Å². The van der Waals surface area contributed by atoms with Crippen LogP contribution in [0.4, 0.5) is 0 Å². The second-order valence-electron chi connectivity index (χ2n) is 5.93. The molecule has 0 N–H and O–H groups in total. The molecule has 4 heteroatoms. The zero-order valence-corrected chi connectivity index (χ0v) is 14.7. The predicted octanol–water partition coefficient (Wildman–Crippen LogP) is 4.91. The molecule has 112 valence electrons. The summed E-state index contributed by atoms with van der Waals surface area (Å²) < 4.78 is 0. The Bertz CT molecular complexity index is 802. The van der Waals surface area contributed by atoms with Crippen molar-refractivity contribution in [1.29, 1.82) is 0 Å². The molecule has 1 saturated carbocycles. The first kappa shape index (κ1) is 14.3. The Kier molecular flexibility index (Phi) is 3.54. The summed E-state index contributed by atoms with van der Waals surface area (Å²) in [6.07, 6.45) is 2.69. The Morgan fingerprint density at radius 2 is 1.86 bits per heavy atom. The van der Waals surface area contributed by atoms with Crippen LogP contribution < -0.4 is 0 Å². The lowest BCUT2D eigenvalue weighted by atomic mass is 10.0. The Labute approximate surface area is 145 Å². The first-order valence-electron chi connectivity index (χ1n) is 7.64. The van der Waals surface area contributed by atoms with E-state index in [9.17, 15) is 0 Å². The normalized spacial score (nSPS) is 20.2. The fraction of sp³-hybridized carbons (Fsp3) is 0.278. The van der Waals surface area contributed by atoms with E-state index in [1.165, 1.54) is 40.0 Å². The van der Waals surface area contributed by atoms with Gasteiger partial charge in [0.05, 0.1) is 12.2 Å². The highest BCUT2D eigenvalue weighted by molar-refractivity contribution is 8.93. The zero-order valence-electron chi connectivity index (χ0n) is 12.2. The van der Waals surface area contributed by atoms with Crippen molar-refractivity contribution in [3.8, 4) is 0 Å². The van der Waals surface area contributed by atoms with Gasteiger partial charge in [-0.15, -0.1) is 17.0 Å². The predicted molar refractivity (Wildman–Crippen MR) is 101 cm³/mol. The molecule has 0 atom stereocenters. The highest BCUT2D eigenvalue weighted by atomic mass is 79.9. The molecule has 2 aliphatic heterocycles. The number of hydrogen-bond donors (Lipinski definition) is 0. The van der Waals surface area contributed by atoms with Gasteiger partial charge in [-0.3, -0.25) is 4.99 Å². The summed E-state index contributed by atoms with van der Waals surface area (Å²) in [5.74, 6) is 0.775. The minimum absolute atomic E-state index is 0. The average Bonchev–Trinajstić information content (AvgIpc) is 3.16. The number of benzene rings is 2. The number of rotatable bonds is 2. The topological polar surface area (TPSA) is 15.6 Å². The Balaban J connectivity index is 0.00000125. The van der Waals surface area contributed by atoms with E-state index in [0.717, 1.165) is 19.0 Å². The van der Waals surface area contributed by atoms with Crippen molar-refractivity contribution in [3.05, 3.63) is 52.9 Å². The first-order chi connectivity index (χ1) is 10.4. The molecule has 3 aliphatic rings. The van der Waals surface area contributed by atoms with Crippen LogP contribution in [0.15, 0.2) is 52.4 Å². The molecule has 2 aromatic rings. The number of allylic oxidation sites excluding steroid dienone is 1. The van der Waals surface area contributed by atoms with E-state index < -0.39 is 0 Å². The molecule has 1 aliphatic carbocycles. The highest BCUT2D eigenvalue weighted by Crippen LogP contribution is 2.53. The summed E-state index contributed by atoms with van der Waals surface area (Å²) in [7, 11) is 0. The minimum atomic E-state index is 0. The molecule has 1 fully saturated rings. The maximum Gasteiger partial charge on any atom is 0.168 e. The molecule has 2 nitrogen and oxygen atoms in total. The fourth-order valence-corrected chi connectivity index (χ4v) is 4.70. The third-order valence-electron chi connectivity index (χ3n) is 4.50. The van der Waals surface area contributed by atoms with Crippen molar-refractivity contribution in [1.82, 2.24) is 4.90 Å². The van der Waals surface area contributed by atoms with Gasteiger partial charge >= 0.3 is 0 Å². The monoisotopic (exact) mass is 372 g/mol. The lowest BCUT2D eigenvalue weighted by Gasteiger charge is -2.19. The van der Waals surface area contributed by atoms with Gasteiger partial charge < -0.3 is 4.90 Å². The summed E-state index contributed by atoms with van der Waals surface area (Å²) in [5.41, 5.74) is 2.82. The van der Waals surface area contributed by atoms with E-state index in [1.54, 1.807) is 4.91 Å². The van der Waals surface area contributed by atoms with Crippen LogP contribution in [0.25, 0.3) is 16.5 Å². The van der Waals surface area contributed by atoms with Gasteiger partial charge in [-0.1, -0.05) is 54.2 Å². The summed E-state index contributed by atoms with van der Waals surface area (Å²) in [5, 5.41) is 3.91. The molecule has 0 radical (unpaired) electrons. The minimum Gasteiger partial charge on any atom is -0.318 e. The van der Waals surface area contributed by atoms with Crippen LogP contribution in [0.5, 0.6) is 0 Å². The largest absolute Gasteiger partial charge is 0.318 e. The van der Waals surface area contributed by atoms with Crippen molar-refractivity contribution in [2.75, 3.05) is 13.1 Å². The molecule has 2 heterocycles. The average molecular weight is 373 g/mol. The van der Waals surface area contributed by atoms with Gasteiger partial charge in [0.1, 0.15) is 0 Å². The molecule has 2 aromatic carbocycles. The molecule has 5 rings (SSSR count). The second kappa shape index (κ2) is 5.43. The number of halogens is 1. The van der Waals surface area contributed by atoms with Crippen LogP contribution in [0, 0.1) is 5.92 Å². The molecule has 0 bridgehead atoms. The SMILES string of the molecule is Br.c1ccc2c(C3=C(C4CC4)SC4=NCCN43)cccc2c1. The maximum absolute atomic E-state index is 4.68. The van der Waals surface area contributed by atoms with E-state index in [1.807, 2.05) is 11.8 Å². The molecular weight excluding hydrogens is 356 g/mol. The molecule has 0 unspecified atom stereocenters. The Morgan fingerprint density at radius 1 is 1.05 bits per heavy atom. The fourth-order valence-electron chi connectivity index (χ4n) is 3.33. The molecule has 0 spiro atoms. The number of amidine groups is 1. The quantitative estimate of drug-likeness (QED) is 0.743. The third-order valence-corrected chi connectivity index (χ3v) is 5.78. The molecule has 0 aromatic heterocycles. The van der Waals surface area contributed by atoms with E-state index >= 15 is 0 Å². The van der Waals surface area contributed by atoms with Crippen molar-refractivity contribution in [2.24, 2.45) is 10.9 Å². The van der Waals surface area contributed by atoms with Gasteiger partial charge in [0.2, 0.25) is 0 Å². The van der Waals surface area contributed by atoms with Crippen molar-refractivity contribution >= 4 is 50.4 Å². The number of hydrogen-bond acceptors (Lipinski definition) is 3. The number of thioether (sulfide) groups is 1. The Morgan fingerprint density at radius 3 is 2.73 bits per heavy atom. The van der Waals surface area contributed by atoms with Crippen LogP contribution in [0.1, 0.15) is 18.4 Å². The van der Waals surface area contributed by atoms with Gasteiger partial charge in [-0.25, -0.2) is 0 Å². The third kappa shape index (κ3) is 2.12. The smallest absolute Gasteiger partial charge is 0.168 e. The number of fused-ring (bicyclic) bond motifs is 2. The van der Waals surface area contributed by atoms with Crippen LogP contribution >= 0.6 is 28.7 Å². The van der Waals surface area contributed by atoms with E-state index in [0.29, 0.717) is 0 Å². The van der Waals surface area contributed by atoms with Crippen molar-refractivity contribution in [2.45, 2.75) is 12.8 Å². The molecular formula is C18H17BrN2S. The molecule has 0 amide bonds. The lowest BCUT2D eigenvalue weighted by Crippen LogP contribution is -2.20. The summed E-state index contributed by atoms with van der Waals surface area (Å²) in [4.78, 5) is 8.68. The van der Waals surface area contributed by atoms with Crippen molar-refractivity contribution < 1.29 is 0 Å². The van der Waals surface area contributed by atoms with Gasteiger partial charge in [0.15, 0.2) is 5.17 Å². The van der Waals surface area contributed by atoms with Gasteiger partial charge in [-0.05, 0) is 29.5 Å². The van der Waals surface area contributed by atoms with Crippen molar-refractivity contribution in [3.63, 3.8) is 0 Å². The van der Waals surface area contributed by atoms with Crippen LogP contribution in [-0.2, 0) is 0 Å². The highest BCUT2D eigenvalue weighted by Gasteiger charge is 2.40. The number of aliphatic imine (C=N–C) groups is 1. The van der Waals surface area contributed by atoms with Gasteiger partial charge in [-0.2, -0.15) is 0 Å². The number of nitrogens with zero attached hydrogens (tertiary/aromatic N) is 2. The standard InChI is InChI=1S/C18H16N2S.BrH/c1-2-6-14-12(4-1)5-3-7-15(14)16-17(13-8-9-13)21-18-19-10-11-20(16)18;/h1-7,13H,8-11H2;1H. The molecule has 0 saturated heterocycles. The van der Waals surface area contributed by atoms with E-state index in [2.05, 4.69) is 52.4 Å². The van der Waals surface area contributed by atoms with Crippen LogP contribution in [0.2, 0.25) is 0 Å². The molecule has 22 heavy (non-hydrogen) atoms. The van der Waals surface area contributed by atoms with E-state index in [4.69, 9.17) is 0 Å². The maximum atomic E-state index is 4.68. The summed E-state index contributed by atoms with van der Waals surface area (Å²) in [6, 6.07) is 15.4. The van der Waals surface area contributed by atoms with Gasteiger partial charge in [0, 0.05) is 17.0 Å².